The maximum atomic E-state index is 12.4. The van der Waals surface area contributed by atoms with Gasteiger partial charge >= 0.3 is 0 Å². The Morgan fingerprint density at radius 2 is 2.00 bits per heavy atom. The third-order valence-corrected chi connectivity index (χ3v) is 5.17. The summed E-state index contributed by atoms with van der Waals surface area (Å²) in [5, 5.41) is 1.97. The van der Waals surface area contributed by atoms with E-state index in [1.165, 1.54) is 16.9 Å². The predicted octanol–water partition coefficient (Wildman–Crippen LogP) is 3.14. The number of benzene rings is 1. The highest BCUT2D eigenvalue weighted by atomic mass is 32.1. The second-order valence-corrected chi connectivity index (χ2v) is 6.80. The van der Waals surface area contributed by atoms with E-state index in [1.54, 1.807) is 0 Å². The van der Waals surface area contributed by atoms with Gasteiger partial charge in [-0.1, -0.05) is 36.4 Å². The Balaban J connectivity index is 1.53. The molecule has 0 bridgehead atoms. The molecule has 0 spiro atoms. The van der Waals surface area contributed by atoms with E-state index < -0.39 is 0 Å². The van der Waals surface area contributed by atoms with E-state index in [4.69, 9.17) is 0 Å². The third-order valence-electron chi connectivity index (χ3n) is 4.31. The number of thiophene rings is 1. The van der Waals surface area contributed by atoms with Crippen LogP contribution >= 0.6 is 11.3 Å². The maximum Gasteiger partial charge on any atom is 0.264 e. The van der Waals surface area contributed by atoms with Gasteiger partial charge in [0, 0.05) is 32.2 Å². The van der Waals surface area contributed by atoms with Crippen molar-refractivity contribution in [2.75, 3.05) is 26.2 Å². The summed E-state index contributed by atoms with van der Waals surface area (Å²) in [6, 6.07) is 14.9. The van der Waals surface area contributed by atoms with Crippen molar-refractivity contribution in [3.05, 3.63) is 58.3 Å². The number of hydrogen-bond donors (Lipinski definition) is 0. The van der Waals surface area contributed by atoms with Gasteiger partial charge in [0.15, 0.2) is 0 Å². The van der Waals surface area contributed by atoms with E-state index in [0.717, 1.165) is 37.5 Å². The normalized spacial score (nSPS) is 19.3. The number of amides is 1. The Hall–Kier alpha value is -1.65. The lowest BCUT2D eigenvalue weighted by molar-refractivity contribution is 0.0522. The summed E-state index contributed by atoms with van der Waals surface area (Å²) in [5.41, 5.74) is 1.38. The van der Waals surface area contributed by atoms with E-state index in [-0.39, 0.29) is 5.91 Å². The molecular formula is C18H22N2OS. The van der Waals surface area contributed by atoms with Gasteiger partial charge in [0.2, 0.25) is 0 Å². The number of carbonyl (C=O) groups is 1. The van der Waals surface area contributed by atoms with Gasteiger partial charge in [0.05, 0.1) is 4.88 Å². The molecule has 4 heteroatoms. The maximum absolute atomic E-state index is 12.4. The molecule has 1 aromatic heterocycles. The average molecular weight is 314 g/mol. The molecule has 1 unspecified atom stereocenters. The Morgan fingerprint density at radius 3 is 2.68 bits per heavy atom. The van der Waals surface area contributed by atoms with E-state index in [9.17, 15) is 4.79 Å². The summed E-state index contributed by atoms with van der Waals surface area (Å²) in [6.45, 7) is 5.90. The van der Waals surface area contributed by atoms with Crippen molar-refractivity contribution in [3.8, 4) is 0 Å². The van der Waals surface area contributed by atoms with E-state index in [1.807, 2.05) is 22.4 Å². The smallest absolute Gasteiger partial charge is 0.264 e. The first-order valence-corrected chi connectivity index (χ1v) is 8.73. The minimum atomic E-state index is 0.185. The number of nitrogens with zero attached hydrogens (tertiary/aromatic N) is 2. The molecule has 2 aromatic rings. The van der Waals surface area contributed by atoms with Gasteiger partial charge in [-0.05, 0) is 30.4 Å². The molecule has 0 N–H and O–H groups in total. The molecule has 1 fully saturated rings. The first-order valence-electron chi connectivity index (χ1n) is 7.85. The van der Waals surface area contributed by atoms with Crippen molar-refractivity contribution in [2.24, 2.45) is 0 Å². The summed E-state index contributed by atoms with van der Waals surface area (Å²) >= 11 is 1.53. The Morgan fingerprint density at radius 1 is 1.18 bits per heavy atom. The molecule has 1 aromatic carbocycles. The van der Waals surface area contributed by atoms with Crippen LogP contribution in [0.3, 0.4) is 0 Å². The van der Waals surface area contributed by atoms with Crippen LogP contribution in [0.15, 0.2) is 47.8 Å². The first-order chi connectivity index (χ1) is 10.7. The quantitative estimate of drug-likeness (QED) is 0.865. The standard InChI is InChI=1S/C18H22N2OS/c1-15-14-20(18(21)17-8-5-13-22-17)12-11-19(15)10-9-16-6-3-2-4-7-16/h2-8,13,15H,9-12,14H2,1H3. The highest BCUT2D eigenvalue weighted by Gasteiger charge is 2.27. The molecule has 0 radical (unpaired) electrons. The average Bonchev–Trinajstić information content (AvgIpc) is 3.08. The lowest BCUT2D eigenvalue weighted by Crippen LogP contribution is -2.53. The Bertz CT molecular complexity index is 597. The fourth-order valence-corrected chi connectivity index (χ4v) is 3.68. The van der Waals surface area contributed by atoms with Gasteiger partial charge in [-0.15, -0.1) is 11.3 Å². The summed E-state index contributed by atoms with van der Waals surface area (Å²) in [5.74, 6) is 0.185. The molecule has 3 rings (SSSR count). The topological polar surface area (TPSA) is 23.6 Å². The van der Waals surface area contributed by atoms with Crippen LogP contribution in [0.25, 0.3) is 0 Å². The van der Waals surface area contributed by atoms with Crippen molar-refractivity contribution in [3.63, 3.8) is 0 Å². The van der Waals surface area contributed by atoms with Crippen molar-refractivity contribution in [1.82, 2.24) is 9.80 Å². The zero-order valence-corrected chi connectivity index (χ0v) is 13.8. The number of hydrogen-bond acceptors (Lipinski definition) is 3. The van der Waals surface area contributed by atoms with Crippen LogP contribution in [0, 0.1) is 0 Å². The van der Waals surface area contributed by atoms with Gasteiger partial charge < -0.3 is 4.90 Å². The molecule has 1 atom stereocenters. The summed E-state index contributed by atoms with van der Waals surface area (Å²) in [7, 11) is 0. The van der Waals surface area contributed by atoms with Crippen LogP contribution in [-0.2, 0) is 6.42 Å². The summed E-state index contributed by atoms with van der Waals surface area (Å²) < 4.78 is 0. The second-order valence-electron chi connectivity index (χ2n) is 5.85. The van der Waals surface area contributed by atoms with Crippen LogP contribution in [0.2, 0.25) is 0 Å². The molecule has 1 amide bonds. The molecule has 3 nitrogen and oxygen atoms in total. The van der Waals surface area contributed by atoms with E-state index in [0.29, 0.717) is 6.04 Å². The monoisotopic (exact) mass is 314 g/mol. The van der Waals surface area contributed by atoms with Gasteiger partial charge in [0.1, 0.15) is 0 Å². The molecule has 1 aliphatic rings. The number of carbonyl (C=O) groups excluding carboxylic acids is 1. The van der Waals surface area contributed by atoms with Gasteiger partial charge in [0.25, 0.3) is 5.91 Å². The van der Waals surface area contributed by atoms with Crippen LogP contribution in [-0.4, -0.2) is 47.9 Å². The van der Waals surface area contributed by atoms with Gasteiger partial charge in [-0.25, -0.2) is 0 Å². The SMILES string of the molecule is CC1CN(C(=O)c2cccs2)CCN1CCc1ccccc1. The van der Waals surface area contributed by atoms with Crippen LogP contribution in [0.5, 0.6) is 0 Å². The number of rotatable bonds is 4. The van der Waals surface area contributed by atoms with Crippen molar-refractivity contribution >= 4 is 17.2 Å². The molecule has 2 heterocycles. The molecule has 0 saturated carbocycles. The molecule has 1 aliphatic heterocycles. The lowest BCUT2D eigenvalue weighted by atomic mass is 10.1. The van der Waals surface area contributed by atoms with Crippen molar-refractivity contribution < 1.29 is 4.79 Å². The fourth-order valence-electron chi connectivity index (χ4n) is 2.99. The lowest BCUT2D eigenvalue weighted by Gasteiger charge is -2.39. The van der Waals surface area contributed by atoms with E-state index >= 15 is 0 Å². The molecule has 22 heavy (non-hydrogen) atoms. The summed E-state index contributed by atoms with van der Waals surface area (Å²) in [6.07, 6.45) is 1.07. The fraction of sp³-hybridized carbons (Fsp3) is 0.389. The minimum Gasteiger partial charge on any atom is -0.335 e. The number of piperazine rings is 1. The third kappa shape index (κ3) is 3.57. The van der Waals surface area contributed by atoms with Gasteiger partial charge in [-0.3, -0.25) is 9.69 Å². The predicted molar refractivity (Wildman–Crippen MR) is 91.4 cm³/mol. The molecular weight excluding hydrogens is 292 g/mol. The second kappa shape index (κ2) is 7.07. The Labute approximate surface area is 136 Å². The zero-order valence-electron chi connectivity index (χ0n) is 12.9. The molecule has 116 valence electrons. The van der Waals surface area contributed by atoms with Crippen molar-refractivity contribution in [1.29, 1.82) is 0 Å². The largest absolute Gasteiger partial charge is 0.335 e. The first kappa shape index (κ1) is 15.3. The highest BCUT2D eigenvalue weighted by Crippen LogP contribution is 2.16. The summed E-state index contributed by atoms with van der Waals surface area (Å²) in [4.78, 5) is 17.7. The van der Waals surface area contributed by atoms with Crippen molar-refractivity contribution in [2.45, 2.75) is 19.4 Å². The van der Waals surface area contributed by atoms with E-state index in [2.05, 4.69) is 42.2 Å². The van der Waals surface area contributed by atoms with Gasteiger partial charge in [-0.2, -0.15) is 0 Å². The highest BCUT2D eigenvalue weighted by molar-refractivity contribution is 7.12. The molecule has 1 saturated heterocycles. The minimum absolute atomic E-state index is 0.185. The van der Waals surface area contributed by atoms with Crippen LogP contribution in [0.1, 0.15) is 22.2 Å². The van der Waals surface area contributed by atoms with Crippen LogP contribution in [0.4, 0.5) is 0 Å². The zero-order chi connectivity index (χ0) is 15.4. The Kier molecular flexibility index (Phi) is 4.90. The molecule has 0 aliphatic carbocycles. The van der Waals surface area contributed by atoms with Crippen LogP contribution < -0.4 is 0 Å².